The highest BCUT2D eigenvalue weighted by Gasteiger charge is 2.30. The van der Waals surface area contributed by atoms with E-state index in [1.807, 2.05) is 0 Å². The highest BCUT2D eigenvalue weighted by Crippen LogP contribution is 2.41. The Morgan fingerprint density at radius 1 is 1.14 bits per heavy atom. The first-order chi connectivity index (χ1) is 10.1. The van der Waals surface area contributed by atoms with Crippen LogP contribution in [0.1, 0.15) is 60.1 Å². The monoisotopic (exact) mass is 281 g/mol. The Kier molecular flexibility index (Phi) is 3.50. The number of carbonyl (C=O) groups is 1. The van der Waals surface area contributed by atoms with Crippen LogP contribution in [0.15, 0.2) is 36.4 Å². The SMILES string of the molecule is CC(C)c1ccc(-c2ccc(C(=O)O)c(C3CC3)n2)cc1. The molecule has 0 aliphatic heterocycles. The van der Waals surface area contributed by atoms with Crippen LogP contribution in [0, 0.1) is 0 Å². The third-order valence-corrected chi connectivity index (χ3v) is 3.99. The van der Waals surface area contributed by atoms with Gasteiger partial charge in [-0.2, -0.15) is 0 Å². The quantitative estimate of drug-likeness (QED) is 0.900. The molecule has 0 bridgehead atoms. The van der Waals surface area contributed by atoms with Gasteiger partial charge in [-0.3, -0.25) is 4.98 Å². The summed E-state index contributed by atoms with van der Waals surface area (Å²) in [5.41, 5.74) is 4.28. The van der Waals surface area contributed by atoms with Crippen molar-refractivity contribution in [3.63, 3.8) is 0 Å². The van der Waals surface area contributed by atoms with E-state index in [2.05, 4.69) is 43.1 Å². The maximum atomic E-state index is 11.3. The second-order valence-electron chi connectivity index (χ2n) is 5.99. The van der Waals surface area contributed by atoms with Gasteiger partial charge in [0, 0.05) is 11.5 Å². The molecular formula is C18H19NO2. The van der Waals surface area contributed by atoms with Gasteiger partial charge in [0.25, 0.3) is 0 Å². The summed E-state index contributed by atoms with van der Waals surface area (Å²) < 4.78 is 0. The van der Waals surface area contributed by atoms with E-state index >= 15 is 0 Å². The number of hydrogen-bond donors (Lipinski definition) is 1. The van der Waals surface area contributed by atoms with E-state index in [1.165, 1.54) is 5.56 Å². The van der Waals surface area contributed by atoms with E-state index in [0.717, 1.165) is 29.8 Å². The Balaban J connectivity index is 1.98. The maximum absolute atomic E-state index is 11.3. The van der Waals surface area contributed by atoms with Crippen LogP contribution in [-0.2, 0) is 0 Å². The van der Waals surface area contributed by atoms with Crippen molar-refractivity contribution in [1.82, 2.24) is 4.98 Å². The van der Waals surface area contributed by atoms with Crippen LogP contribution < -0.4 is 0 Å². The van der Waals surface area contributed by atoms with E-state index in [1.54, 1.807) is 12.1 Å². The Labute approximate surface area is 124 Å². The molecule has 3 heteroatoms. The summed E-state index contributed by atoms with van der Waals surface area (Å²) in [6.07, 6.45) is 2.09. The summed E-state index contributed by atoms with van der Waals surface area (Å²) >= 11 is 0. The number of hydrogen-bond acceptors (Lipinski definition) is 2. The predicted molar refractivity (Wildman–Crippen MR) is 82.7 cm³/mol. The van der Waals surface area contributed by atoms with Gasteiger partial charge in [0.1, 0.15) is 0 Å². The van der Waals surface area contributed by atoms with E-state index < -0.39 is 5.97 Å². The topological polar surface area (TPSA) is 50.2 Å². The highest BCUT2D eigenvalue weighted by atomic mass is 16.4. The van der Waals surface area contributed by atoms with Crippen LogP contribution in [0.25, 0.3) is 11.3 Å². The second-order valence-corrected chi connectivity index (χ2v) is 5.99. The third-order valence-electron chi connectivity index (χ3n) is 3.99. The molecule has 1 aliphatic rings. The van der Waals surface area contributed by atoms with Gasteiger partial charge in [0.2, 0.25) is 0 Å². The van der Waals surface area contributed by atoms with E-state index in [0.29, 0.717) is 17.4 Å². The number of rotatable bonds is 4. The number of benzene rings is 1. The van der Waals surface area contributed by atoms with Crippen LogP contribution in [0.3, 0.4) is 0 Å². The molecule has 0 spiro atoms. The van der Waals surface area contributed by atoms with Crippen molar-refractivity contribution >= 4 is 5.97 Å². The lowest BCUT2D eigenvalue weighted by Gasteiger charge is -2.09. The summed E-state index contributed by atoms with van der Waals surface area (Å²) in [5.74, 6) is -0.0551. The Morgan fingerprint density at radius 3 is 2.33 bits per heavy atom. The van der Waals surface area contributed by atoms with Gasteiger partial charge in [0.15, 0.2) is 0 Å². The lowest BCUT2D eigenvalue weighted by atomic mass is 10.00. The molecule has 0 radical (unpaired) electrons. The predicted octanol–water partition coefficient (Wildman–Crippen LogP) is 4.45. The molecule has 0 unspecified atom stereocenters. The summed E-state index contributed by atoms with van der Waals surface area (Å²) in [6.45, 7) is 4.33. The molecular weight excluding hydrogens is 262 g/mol. The smallest absolute Gasteiger partial charge is 0.337 e. The molecule has 1 aromatic carbocycles. The average molecular weight is 281 g/mol. The molecule has 2 aromatic rings. The van der Waals surface area contributed by atoms with Crippen LogP contribution in [0.2, 0.25) is 0 Å². The van der Waals surface area contributed by atoms with Crippen molar-refractivity contribution in [2.45, 2.75) is 38.5 Å². The van der Waals surface area contributed by atoms with Gasteiger partial charge in [-0.15, -0.1) is 0 Å². The minimum atomic E-state index is -0.883. The number of carboxylic acids is 1. The van der Waals surface area contributed by atoms with Gasteiger partial charge in [0.05, 0.1) is 17.0 Å². The fourth-order valence-corrected chi connectivity index (χ4v) is 2.52. The average Bonchev–Trinajstić information content (AvgIpc) is 3.31. The molecule has 1 aliphatic carbocycles. The van der Waals surface area contributed by atoms with E-state index in [4.69, 9.17) is 0 Å². The molecule has 1 fully saturated rings. The number of aromatic carboxylic acids is 1. The zero-order chi connectivity index (χ0) is 15.0. The molecule has 108 valence electrons. The minimum Gasteiger partial charge on any atom is -0.478 e. The summed E-state index contributed by atoms with van der Waals surface area (Å²) in [6, 6.07) is 11.9. The molecule has 3 rings (SSSR count). The summed E-state index contributed by atoms with van der Waals surface area (Å²) in [4.78, 5) is 15.9. The van der Waals surface area contributed by atoms with Crippen LogP contribution in [0.4, 0.5) is 0 Å². The summed E-state index contributed by atoms with van der Waals surface area (Å²) in [5, 5.41) is 9.26. The van der Waals surface area contributed by atoms with Crippen LogP contribution in [0.5, 0.6) is 0 Å². The fourth-order valence-electron chi connectivity index (χ4n) is 2.52. The fraction of sp³-hybridized carbons (Fsp3) is 0.333. The third kappa shape index (κ3) is 2.82. The van der Waals surface area contributed by atoms with Gasteiger partial charge in [-0.25, -0.2) is 4.79 Å². The molecule has 0 amide bonds. The molecule has 1 aromatic heterocycles. The molecule has 1 saturated carbocycles. The molecule has 1 heterocycles. The summed E-state index contributed by atoms with van der Waals surface area (Å²) in [7, 11) is 0. The Bertz CT molecular complexity index is 670. The molecule has 0 atom stereocenters. The Morgan fingerprint density at radius 2 is 1.81 bits per heavy atom. The zero-order valence-electron chi connectivity index (χ0n) is 12.3. The maximum Gasteiger partial charge on any atom is 0.337 e. The van der Waals surface area contributed by atoms with Gasteiger partial charge in [-0.05, 0) is 36.5 Å². The molecule has 21 heavy (non-hydrogen) atoms. The number of carboxylic acid groups (broad SMARTS) is 1. The van der Waals surface area contributed by atoms with Crippen molar-refractivity contribution in [3.05, 3.63) is 53.2 Å². The lowest BCUT2D eigenvalue weighted by Crippen LogP contribution is -2.04. The minimum absolute atomic E-state index is 0.325. The first-order valence-corrected chi connectivity index (χ1v) is 7.41. The van der Waals surface area contributed by atoms with Crippen molar-refractivity contribution in [3.8, 4) is 11.3 Å². The number of aromatic nitrogens is 1. The van der Waals surface area contributed by atoms with Crippen molar-refractivity contribution < 1.29 is 9.90 Å². The van der Waals surface area contributed by atoms with Crippen LogP contribution in [-0.4, -0.2) is 16.1 Å². The zero-order valence-corrected chi connectivity index (χ0v) is 12.3. The first kappa shape index (κ1) is 13.8. The molecule has 0 saturated heterocycles. The van der Waals surface area contributed by atoms with Gasteiger partial charge in [-0.1, -0.05) is 38.1 Å². The van der Waals surface area contributed by atoms with Gasteiger partial charge >= 0.3 is 5.97 Å². The van der Waals surface area contributed by atoms with Crippen molar-refractivity contribution in [1.29, 1.82) is 0 Å². The number of pyridine rings is 1. The standard InChI is InChI=1S/C18H19NO2/c1-11(2)12-3-5-13(6-4-12)16-10-9-15(18(20)21)17(19-16)14-7-8-14/h3-6,9-11,14H,7-8H2,1-2H3,(H,20,21). The van der Waals surface area contributed by atoms with E-state index in [-0.39, 0.29) is 0 Å². The largest absolute Gasteiger partial charge is 0.478 e. The van der Waals surface area contributed by atoms with E-state index in [9.17, 15) is 9.90 Å². The molecule has 1 N–H and O–H groups in total. The van der Waals surface area contributed by atoms with Crippen LogP contribution >= 0.6 is 0 Å². The molecule has 3 nitrogen and oxygen atoms in total. The second kappa shape index (κ2) is 5.32. The van der Waals surface area contributed by atoms with Crippen molar-refractivity contribution in [2.75, 3.05) is 0 Å². The lowest BCUT2D eigenvalue weighted by molar-refractivity contribution is 0.0695. The Hall–Kier alpha value is -2.16. The van der Waals surface area contributed by atoms with Gasteiger partial charge < -0.3 is 5.11 Å². The highest BCUT2D eigenvalue weighted by molar-refractivity contribution is 5.89. The number of nitrogens with zero attached hydrogens (tertiary/aromatic N) is 1. The normalized spacial score (nSPS) is 14.4. The van der Waals surface area contributed by atoms with Crippen molar-refractivity contribution in [2.24, 2.45) is 0 Å². The first-order valence-electron chi connectivity index (χ1n) is 7.41.